The Hall–Kier alpha value is -4.34. The van der Waals surface area contributed by atoms with Crippen molar-refractivity contribution < 1.29 is 38.9 Å². The third-order valence-corrected chi connectivity index (χ3v) is 7.87. The van der Waals surface area contributed by atoms with Gasteiger partial charge in [-0.1, -0.05) is 48.2 Å². The maximum Gasteiger partial charge on any atom is 0.295 e. The molecule has 0 aliphatic carbocycles. The molecular formula is C33H36N2O7. The van der Waals surface area contributed by atoms with Crippen LogP contribution in [-0.4, -0.2) is 68.2 Å². The number of carbonyl (C=O) groups excluding carboxylic acids is 2. The summed E-state index contributed by atoms with van der Waals surface area (Å²) < 4.78 is 16.7. The summed E-state index contributed by atoms with van der Waals surface area (Å²) in [5, 5.41) is 24.2. The van der Waals surface area contributed by atoms with Crippen molar-refractivity contribution in [2.75, 3.05) is 46.5 Å². The van der Waals surface area contributed by atoms with Crippen LogP contribution in [0.1, 0.15) is 34.7 Å². The van der Waals surface area contributed by atoms with Gasteiger partial charge < -0.3 is 34.2 Å². The van der Waals surface area contributed by atoms with E-state index in [1.165, 1.54) is 23.0 Å². The van der Waals surface area contributed by atoms with Crippen LogP contribution in [0.3, 0.4) is 0 Å². The number of Topliss-reactive ketones (excluding diaryl/α,β-unsaturated/α-hetero) is 1. The molecule has 0 saturated carbocycles. The number of quaternary nitrogens is 1. The fraction of sp³-hybridized carbons (Fsp3) is 0.333. The van der Waals surface area contributed by atoms with E-state index in [2.05, 4.69) is 0 Å². The molecule has 5 rings (SSSR count). The fourth-order valence-electron chi connectivity index (χ4n) is 5.59. The number of hydrogen-bond donors (Lipinski definition) is 2. The first-order valence-electron chi connectivity index (χ1n) is 14.2. The summed E-state index contributed by atoms with van der Waals surface area (Å²) in [6.45, 7) is 6.49. The van der Waals surface area contributed by atoms with Crippen molar-refractivity contribution in [1.29, 1.82) is 0 Å². The molecule has 2 fully saturated rings. The Labute approximate surface area is 245 Å². The van der Waals surface area contributed by atoms with E-state index >= 15 is 0 Å². The van der Waals surface area contributed by atoms with Gasteiger partial charge in [-0.2, -0.15) is 0 Å². The maximum absolute atomic E-state index is 14.0. The van der Waals surface area contributed by atoms with E-state index in [-0.39, 0.29) is 17.1 Å². The highest BCUT2D eigenvalue weighted by Gasteiger charge is 2.44. The first-order chi connectivity index (χ1) is 20.4. The summed E-state index contributed by atoms with van der Waals surface area (Å²) in [6.07, 6.45) is 0.661. The Balaban J connectivity index is 1.46. The maximum atomic E-state index is 14.0. The number of phenols is 1. The molecule has 1 amide bonds. The van der Waals surface area contributed by atoms with Crippen molar-refractivity contribution >= 4 is 17.4 Å². The van der Waals surface area contributed by atoms with Crippen LogP contribution < -0.4 is 19.5 Å². The topological polar surface area (TPSA) is 113 Å². The minimum Gasteiger partial charge on any atom is -0.872 e. The molecule has 3 aromatic rings. The van der Waals surface area contributed by atoms with Crippen molar-refractivity contribution in [2.24, 2.45) is 0 Å². The van der Waals surface area contributed by atoms with Gasteiger partial charge in [0.05, 0.1) is 32.9 Å². The summed E-state index contributed by atoms with van der Waals surface area (Å²) in [5.74, 6) is -1.29. The van der Waals surface area contributed by atoms with Gasteiger partial charge in [-0.25, -0.2) is 0 Å². The van der Waals surface area contributed by atoms with Gasteiger partial charge in [-0.15, -0.1) is 0 Å². The van der Waals surface area contributed by atoms with Crippen molar-refractivity contribution in [3.63, 3.8) is 0 Å². The van der Waals surface area contributed by atoms with Gasteiger partial charge in [0.25, 0.3) is 5.91 Å². The predicted octanol–water partition coefficient (Wildman–Crippen LogP) is 1.82. The second kappa shape index (κ2) is 13.1. The monoisotopic (exact) mass is 572 g/mol. The highest BCUT2D eigenvalue weighted by molar-refractivity contribution is 6.46. The average Bonchev–Trinajstić information content (AvgIpc) is 3.26. The quantitative estimate of drug-likeness (QED) is 0.217. The third kappa shape index (κ3) is 6.27. The normalized spacial score (nSPS) is 18.8. The van der Waals surface area contributed by atoms with Gasteiger partial charge in [-0.3, -0.25) is 9.59 Å². The Bertz CT molecular complexity index is 1460. The second-order valence-electron chi connectivity index (χ2n) is 10.6. The number of nitrogens with one attached hydrogen (secondary N) is 1. The largest absolute Gasteiger partial charge is 0.872 e. The molecule has 2 aliphatic rings. The summed E-state index contributed by atoms with van der Waals surface area (Å²) in [5.41, 5.74) is 2.39. The summed E-state index contributed by atoms with van der Waals surface area (Å²) >= 11 is 0. The number of aryl methyl sites for hydroxylation is 1. The summed E-state index contributed by atoms with van der Waals surface area (Å²) in [6, 6.07) is 18.6. The number of nitrogens with zero attached hydrogens (tertiary/aromatic N) is 1. The number of phenolic OH excluding ortho intramolecular Hbond substituents is 1. The van der Waals surface area contributed by atoms with Crippen molar-refractivity contribution in [3.05, 3.63) is 94.6 Å². The molecule has 2 heterocycles. The highest BCUT2D eigenvalue weighted by atomic mass is 16.5. The van der Waals surface area contributed by atoms with Crippen molar-refractivity contribution in [2.45, 2.75) is 26.0 Å². The first kappa shape index (κ1) is 29.2. The molecule has 0 aromatic heterocycles. The Morgan fingerprint density at radius 2 is 1.83 bits per heavy atom. The zero-order valence-electron chi connectivity index (χ0n) is 23.9. The number of likely N-dealkylation sites (tertiary alicyclic amines) is 1. The van der Waals surface area contributed by atoms with Gasteiger partial charge >= 0.3 is 0 Å². The number of carbonyl (C=O) groups is 2. The standard InChI is InChI=1S/C33H36N2O7/c1-22-19-25(42-21-23-7-4-3-5-8-23)10-11-26(22)31(37)29-30(24-9-12-27(36)28(20-24)40-2)35(33(39)32(29)38)14-6-13-34-15-17-41-18-16-34/h3-5,7-12,19-20,30,36-37H,6,13-18,21H2,1-2H3. The lowest BCUT2D eigenvalue weighted by Crippen LogP contribution is -3.14. The lowest BCUT2D eigenvalue weighted by atomic mass is 9.93. The molecule has 1 unspecified atom stereocenters. The molecule has 3 aromatic carbocycles. The molecule has 0 radical (unpaired) electrons. The van der Waals surface area contributed by atoms with E-state index in [0.717, 1.165) is 25.2 Å². The lowest BCUT2D eigenvalue weighted by Gasteiger charge is -2.29. The van der Waals surface area contributed by atoms with Crippen LogP contribution in [0.4, 0.5) is 0 Å². The minimum absolute atomic E-state index is 0.0748. The molecule has 1 atom stereocenters. The molecule has 0 bridgehead atoms. The number of aromatic hydroxyl groups is 1. The van der Waals surface area contributed by atoms with Crippen LogP contribution in [0.25, 0.3) is 5.76 Å². The Morgan fingerprint density at radius 1 is 1.07 bits per heavy atom. The first-order valence-corrected chi connectivity index (χ1v) is 14.2. The number of benzene rings is 3. The van der Waals surface area contributed by atoms with Crippen LogP contribution in [0.5, 0.6) is 17.2 Å². The minimum atomic E-state index is -0.903. The van der Waals surface area contributed by atoms with Crippen LogP contribution in [0.2, 0.25) is 0 Å². The SMILES string of the molecule is COc1cc(C2C(=C([O-])c3ccc(OCc4ccccc4)cc3C)C(=O)C(=O)N2CCC[NH+]2CCOCC2)ccc1O. The molecule has 2 aliphatic heterocycles. The Kier molecular flexibility index (Phi) is 9.09. The van der Waals surface area contributed by atoms with Crippen LogP contribution in [-0.2, 0) is 20.9 Å². The molecule has 9 heteroatoms. The number of morpholine rings is 1. The van der Waals surface area contributed by atoms with E-state index < -0.39 is 23.5 Å². The number of hydrogen-bond acceptors (Lipinski definition) is 7. The van der Waals surface area contributed by atoms with E-state index in [0.29, 0.717) is 55.2 Å². The van der Waals surface area contributed by atoms with Crippen LogP contribution in [0.15, 0.2) is 72.3 Å². The number of ketones is 1. The van der Waals surface area contributed by atoms with Gasteiger partial charge in [0, 0.05) is 18.5 Å². The fourth-order valence-corrected chi connectivity index (χ4v) is 5.59. The summed E-state index contributed by atoms with van der Waals surface area (Å²) in [7, 11) is 1.42. The molecular weight excluding hydrogens is 536 g/mol. The molecule has 2 saturated heterocycles. The van der Waals surface area contributed by atoms with Crippen molar-refractivity contribution in [3.8, 4) is 17.2 Å². The van der Waals surface area contributed by atoms with Gasteiger partial charge in [0.15, 0.2) is 11.5 Å². The zero-order valence-corrected chi connectivity index (χ0v) is 23.9. The molecule has 2 N–H and O–H groups in total. The number of amides is 1. The van der Waals surface area contributed by atoms with Crippen LogP contribution in [0, 0.1) is 6.92 Å². The highest BCUT2D eigenvalue weighted by Crippen LogP contribution is 2.41. The lowest BCUT2D eigenvalue weighted by molar-refractivity contribution is -0.908. The summed E-state index contributed by atoms with van der Waals surface area (Å²) in [4.78, 5) is 29.7. The zero-order chi connectivity index (χ0) is 29.6. The van der Waals surface area contributed by atoms with E-state index in [1.807, 2.05) is 30.3 Å². The average molecular weight is 573 g/mol. The van der Waals surface area contributed by atoms with E-state index in [9.17, 15) is 19.8 Å². The number of rotatable bonds is 10. The van der Waals surface area contributed by atoms with E-state index in [4.69, 9.17) is 14.2 Å². The predicted molar refractivity (Wildman–Crippen MR) is 154 cm³/mol. The third-order valence-electron chi connectivity index (χ3n) is 7.87. The smallest absolute Gasteiger partial charge is 0.295 e. The number of ether oxygens (including phenoxy) is 3. The van der Waals surface area contributed by atoms with Crippen molar-refractivity contribution in [1.82, 2.24) is 4.90 Å². The van der Waals surface area contributed by atoms with E-state index in [1.54, 1.807) is 37.3 Å². The second-order valence-corrected chi connectivity index (χ2v) is 10.6. The molecule has 0 spiro atoms. The molecule has 220 valence electrons. The van der Waals surface area contributed by atoms with Gasteiger partial charge in [0.2, 0.25) is 5.78 Å². The molecule has 9 nitrogen and oxygen atoms in total. The van der Waals surface area contributed by atoms with Crippen LogP contribution >= 0.6 is 0 Å². The Morgan fingerprint density at radius 3 is 2.55 bits per heavy atom. The molecule has 42 heavy (non-hydrogen) atoms. The van der Waals surface area contributed by atoms with Gasteiger partial charge in [-0.05, 0) is 53.4 Å². The number of methoxy groups -OCH3 is 1. The van der Waals surface area contributed by atoms with Gasteiger partial charge in [0.1, 0.15) is 25.4 Å².